The summed E-state index contributed by atoms with van der Waals surface area (Å²) in [5, 5.41) is 3.70. The summed E-state index contributed by atoms with van der Waals surface area (Å²) in [4.78, 5) is 0. The summed E-state index contributed by atoms with van der Waals surface area (Å²) in [5.41, 5.74) is 4.60. The molecule has 0 saturated carbocycles. The van der Waals surface area contributed by atoms with Crippen LogP contribution in [0.15, 0.2) is 54.6 Å². The molecular formula is C18H19N. The maximum Gasteiger partial charge on any atom is 0.0145 e. The van der Waals surface area contributed by atoms with Gasteiger partial charge in [0.05, 0.1) is 0 Å². The quantitative estimate of drug-likeness (QED) is 0.813. The number of hydrogen-bond donors (Lipinski definition) is 1. The van der Waals surface area contributed by atoms with Crippen LogP contribution >= 0.6 is 0 Å². The van der Waals surface area contributed by atoms with Gasteiger partial charge in [-0.2, -0.15) is 0 Å². The van der Waals surface area contributed by atoms with E-state index in [1.165, 1.54) is 24.9 Å². The van der Waals surface area contributed by atoms with Gasteiger partial charge in [0.1, 0.15) is 0 Å². The fourth-order valence-corrected chi connectivity index (χ4v) is 3.94. The molecule has 3 atom stereocenters. The Morgan fingerprint density at radius 3 is 2.42 bits per heavy atom. The highest BCUT2D eigenvalue weighted by Gasteiger charge is 2.37. The van der Waals surface area contributed by atoms with Gasteiger partial charge in [-0.25, -0.2) is 0 Å². The van der Waals surface area contributed by atoms with Gasteiger partial charge in [0.15, 0.2) is 0 Å². The van der Waals surface area contributed by atoms with E-state index in [1.54, 1.807) is 11.1 Å². The number of nitrogens with one attached hydrogen (secondary N) is 1. The molecule has 1 aliphatic heterocycles. The Morgan fingerprint density at radius 2 is 1.58 bits per heavy atom. The summed E-state index contributed by atoms with van der Waals surface area (Å²) >= 11 is 0. The Balaban J connectivity index is 1.83. The molecule has 4 rings (SSSR count). The topological polar surface area (TPSA) is 12.0 Å². The average Bonchev–Trinajstić information content (AvgIpc) is 2.96. The zero-order valence-corrected chi connectivity index (χ0v) is 11.0. The molecule has 0 aromatic heterocycles. The van der Waals surface area contributed by atoms with Crippen LogP contribution in [0.5, 0.6) is 0 Å². The second kappa shape index (κ2) is 4.50. The second-order valence-corrected chi connectivity index (χ2v) is 5.78. The lowest BCUT2D eigenvalue weighted by Gasteiger charge is -2.34. The zero-order valence-electron chi connectivity index (χ0n) is 11.0. The Labute approximate surface area is 114 Å². The van der Waals surface area contributed by atoms with Crippen molar-refractivity contribution >= 4 is 0 Å². The van der Waals surface area contributed by atoms with E-state index in [0.717, 1.165) is 5.92 Å². The highest BCUT2D eigenvalue weighted by molar-refractivity contribution is 5.43. The van der Waals surface area contributed by atoms with Gasteiger partial charge in [0.2, 0.25) is 0 Å². The van der Waals surface area contributed by atoms with Crippen LogP contribution in [0, 0.1) is 0 Å². The molecule has 1 fully saturated rings. The third-order valence-electron chi connectivity index (χ3n) is 4.81. The molecule has 0 amide bonds. The molecule has 2 aliphatic rings. The minimum absolute atomic E-state index is 0.559. The van der Waals surface area contributed by atoms with Crippen molar-refractivity contribution in [2.24, 2.45) is 0 Å². The fourth-order valence-electron chi connectivity index (χ4n) is 3.94. The predicted octanol–water partition coefficient (Wildman–Crippen LogP) is 3.67. The third-order valence-corrected chi connectivity index (χ3v) is 4.81. The van der Waals surface area contributed by atoms with Crippen LogP contribution < -0.4 is 5.32 Å². The minimum atomic E-state index is 0.559. The molecule has 0 spiro atoms. The maximum absolute atomic E-state index is 3.70. The molecule has 1 aliphatic carbocycles. The minimum Gasteiger partial charge on any atom is -0.313 e. The summed E-state index contributed by atoms with van der Waals surface area (Å²) in [6, 6.07) is 20.7. The van der Waals surface area contributed by atoms with E-state index in [0.29, 0.717) is 12.0 Å². The Hall–Kier alpha value is -1.60. The standard InChI is InChI=1S/C18H19N/c1-2-6-13(7-3-1)17-12-18-16(10-11-19-18)14-8-4-5-9-15(14)17/h1-9,16-19H,10-12H2. The normalized spacial score (nSPS) is 28.7. The molecule has 1 N–H and O–H groups in total. The molecule has 19 heavy (non-hydrogen) atoms. The van der Waals surface area contributed by atoms with Crippen LogP contribution in [0.1, 0.15) is 41.4 Å². The SMILES string of the molecule is c1ccc(C2CC3NCCC3c3ccccc32)cc1. The summed E-state index contributed by atoms with van der Waals surface area (Å²) in [6.45, 7) is 1.17. The molecule has 1 saturated heterocycles. The second-order valence-electron chi connectivity index (χ2n) is 5.78. The number of fused-ring (bicyclic) bond motifs is 3. The van der Waals surface area contributed by atoms with E-state index >= 15 is 0 Å². The van der Waals surface area contributed by atoms with E-state index in [1.807, 2.05) is 0 Å². The first-order valence-electron chi connectivity index (χ1n) is 7.30. The predicted molar refractivity (Wildman–Crippen MR) is 78.5 cm³/mol. The molecule has 1 heteroatoms. The van der Waals surface area contributed by atoms with Gasteiger partial charge in [-0.1, -0.05) is 54.6 Å². The van der Waals surface area contributed by atoms with Crippen LogP contribution in [0.4, 0.5) is 0 Å². The van der Waals surface area contributed by atoms with E-state index < -0.39 is 0 Å². The average molecular weight is 249 g/mol. The van der Waals surface area contributed by atoms with Crippen molar-refractivity contribution in [3.63, 3.8) is 0 Å². The van der Waals surface area contributed by atoms with Crippen LogP contribution in [0.3, 0.4) is 0 Å². The Kier molecular flexibility index (Phi) is 2.66. The first-order valence-corrected chi connectivity index (χ1v) is 7.30. The molecule has 1 nitrogen and oxygen atoms in total. The zero-order chi connectivity index (χ0) is 12.7. The van der Waals surface area contributed by atoms with Crippen molar-refractivity contribution in [1.29, 1.82) is 0 Å². The van der Waals surface area contributed by atoms with Crippen LogP contribution in [-0.4, -0.2) is 12.6 Å². The first-order chi connectivity index (χ1) is 9.43. The monoisotopic (exact) mass is 249 g/mol. The van der Waals surface area contributed by atoms with Gasteiger partial charge in [-0.05, 0) is 36.1 Å². The van der Waals surface area contributed by atoms with Gasteiger partial charge < -0.3 is 5.32 Å². The van der Waals surface area contributed by atoms with Gasteiger partial charge in [-0.3, -0.25) is 0 Å². The summed E-state index contributed by atoms with van der Waals surface area (Å²) in [5.74, 6) is 1.29. The molecule has 0 radical (unpaired) electrons. The van der Waals surface area contributed by atoms with Gasteiger partial charge in [0, 0.05) is 17.9 Å². The third kappa shape index (κ3) is 1.81. The first kappa shape index (κ1) is 11.2. The number of rotatable bonds is 1. The molecule has 3 unspecified atom stereocenters. The largest absolute Gasteiger partial charge is 0.313 e. The van der Waals surface area contributed by atoms with E-state index in [4.69, 9.17) is 0 Å². The van der Waals surface area contributed by atoms with Gasteiger partial charge >= 0.3 is 0 Å². The summed E-state index contributed by atoms with van der Waals surface area (Å²) < 4.78 is 0. The molecule has 2 aromatic rings. The summed E-state index contributed by atoms with van der Waals surface area (Å²) in [6.07, 6.45) is 2.54. The van der Waals surface area contributed by atoms with E-state index in [-0.39, 0.29) is 0 Å². The lowest BCUT2D eigenvalue weighted by molar-refractivity contribution is 0.451. The van der Waals surface area contributed by atoms with Crippen molar-refractivity contribution in [3.05, 3.63) is 71.3 Å². The van der Waals surface area contributed by atoms with E-state index in [2.05, 4.69) is 59.9 Å². The highest BCUT2D eigenvalue weighted by Crippen LogP contribution is 2.45. The fraction of sp³-hybridized carbons (Fsp3) is 0.333. The number of benzene rings is 2. The van der Waals surface area contributed by atoms with Crippen LogP contribution in [-0.2, 0) is 0 Å². The Morgan fingerprint density at radius 1 is 0.842 bits per heavy atom. The lowest BCUT2D eigenvalue weighted by atomic mass is 9.72. The maximum atomic E-state index is 3.70. The molecular weight excluding hydrogens is 230 g/mol. The van der Waals surface area contributed by atoms with Gasteiger partial charge in [0.25, 0.3) is 0 Å². The molecule has 96 valence electrons. The smallest absolute Gasteiger partial charge is 0.0145 e. The van der Waals surface area contributed by atoms with Gasteiger partial charge in [-0.15, -0.1) is 0 Å². The molecule has 1 heterocycles. The molecule has 0 bridgehead atoms. The Bertz CT molecular complexity index is 575. The lowest BCUT2D eigenvalue weighted by Crippen LogP contribution is -2.32. The highest BCUT2D eigenvalue weighted by atomic mass is 15.0. The van der Waals surface area contributed by atoms with Crippen molar-refractivity contribution in [3.8, 4) is 0 Å². The van der Waals surface area contributed by atoms with E-state index in [9.17, 15) is 0 Å². The number of hydrogen-bond acceptors (Lipinski definition) is 1. The van der Waals surface area contributed by atoms with Crippen LogP contribution in [0.25, 0.3) is 0 Å². The van der Waals surface area contributed by atoms with Crippen molar-refractivity contribution in [1.82, 2.24) is 5.32 Å². The summed E-state index contributed by atoms with van der Waals surface area (Å²) in [7, 11) is 0. The van der Waals surface area contributed by atoms with Crippen LogP contribution in [0.2, 0.25) is 0 Å². The van der Waals surface area contributed by atoms with Crippen molar-refractivity contribution in [2.45, 2.75) is 30.7 Å². The molecule has 2 aromatic carbocycles. The van der Waals surface area contributed by atoms with Crippen molar-refractivity contribution in [2.75, 3.05) is 6.54 Å². The van der Waals surface area contributed by atoms with Crippen molar-refractivity contribution < 1.29 is 0 Å².